The van der Waals surface area contributed by atoms with Crippen LogP contribution in [0.15, 0.2) is 24.3 Å². The third kappa shape index (κ3) is 2.03. The summed E-state index contributed by atoms with van der Waals surface area (Å²) in [5.41, 5.74) is 1.11. The Balaban J connectivity index is 2.93. The highest BCUT2D eigenvalue weighted by Gasteiger charge is 2.14. The van der Waals surface area contributed by atoms with E-state index in [4.69, 9.17) is 10.5 Å². The normalized spacial score (nSPS) is 11.7. The van der Waals surface area contributed by atoms with Crippen molar-refractivity contribution in [3.63, 3.8) is 0 Å². The van der Waals surface area contributed by atoms with E-state index < -0.39 is 11.9 Å². The minimum absolute atomic E-state index is 0.418. The highest BCUT2D eigenvalue weighted by atomic mass is 16.4. The molecule has 0 bridgehead atoms. The highest BCUT2D eigenvalue weighted by Crippen LogP contribution is 2.19. The van der Waals surface area contributed by atoms with Crippen LogP contribution in [-0.2, 0) is 4.79 Å². The van der Waals surface area contributed by atoms with Crippen molar-refractivity contribution in [3.05, 3.63) is 34.8 Å². The second-order valence-corrected chi connectivity index (χ2v) is 2.75. The molecule has 0 saturated heterocycles. The fraction of sp³-hybridized carbons (Fsp3) is 0.222. The van der Waals surface area contributed by atoms with Gasteiger partial charge in [-0.2, -0.15) is 0 Å². The fourth-order valence-electron chi connectivity index (χ4n) is 0.972. The number of benzene rings is 1. The van der Waals surface area contributed by atoms with Gasteiger partial charge >= 0.3 is 11.7 Å². The molecule has 1 rings (SSSR count). The van der Waals surface area contributed by atoms with Gasteiger partial charge in [-0.3, -0.25) is 4.79 Å². The quantitative estimate of drug-likeness (QED) is 0.705. The second-order valence-electron chi connectivity index (χ2n) is 2.75. The minimum atomic E-state index is -0.867. The number of diazo groups is 1. The number of hydrogen-bond acceptors (Lipinski definition) is 2. The number of aliphatic carboxylic acids is 1. The summed E-state index contributed by atoms with van der Waals surface area (Å²) >= 11 is 0. The molecule has 0 aliphatic rings. The molecule has 0 aliphatic heterocycles. The van der Waals surface area contributed by atoms with Crippen LogP contribution in [0.4, 0.5) is 5.69 Å². The number of rotatable bonds is 2. The van der Waals surface area contributed by atoms with Crippen LogP contribution in [0, 0.1) is 5.39 Å². The van der Waals surface area contributed by atoms with Gasteiger partial charge in [0.15, 0.2) is 4.98 Å². The van der Waals surface area contributed by atoms with Gasteiger partial charge in [-0.05, 0) is 12.5 Å². The van der Waals surface area contributed by atoms with Crippen molar-refractivity contribution in [2.45, 2.75) is 12.8 Å². The molecule has 1 atom stereocenters. The molecule has 0 heterocycles. The smallest absolute Gasteiger partial charge is 0.385 e. The molecule has 66 valence electrons. The van der Waals surface area contributed by atoms with Crippen molar-refractivity contribution in [2.24, 2.45) is 0 Å². The lowest BCUT2D eigenvalue weighted by Crippen LogP contribution is -2.06. The molecular weight excluding hydrogens is 168 g/mol. The summed E-state index contributed by atoms with van der Waals surface area (Å²) in [6.07, 6.45) is 0. The standard InChI is InChI=1S/C9H8N2O2/c1-6(9(12)13)7-2-4-8(11-10)5-3-7/h2-6H,1H3/p+1. The van der Waals surface area contributed by atoms with Gasteiger partial charge in [0, 0.05) is 12.1 Å². The van der Waals surface area contributed by atoms with Crippen molar-refractivity contribution < 1.29 is 9.90 Å². The molecule has 1 aromatic rings. The SMILES string of the molecule is CC(C(=O)O)c1ccc([N+]#N)cc1. The van der Waals surface area contributed by atoms with E-state index in [2.05, 4.69) is 4.98 Å². The van der Waals surface area contributed by atoms with Crippen molar-refractivity contribution in [1.29, 1.82) is 5.39 Å². The van der Waals surface area contributed by atoms with Gasteiger partial charge in [-0.15, -0.1) is 0 Å². The molecule has 13 heavy (non-hydrogen) atoms. The molecule has 1 N–H and O–H groups in total. The van der Waals surface area contributed by atoms with Crippen LogP contribution in [0.25, 0.3) is 4.98 Å². The first-order valence-electron chi connectivity index (χ1n) is 3.83. The first-order valence-corrected chi connectivity index (χ1v) is 3.83. The average molecular weight is 177 g/mol. The van der Waals surface area contributed by atoms with Gasteiger partial charge in [0.25, 0.3) is 0 Å². The summed E-state index contributed by atoms with van der Waals surface area (Å²) in [5.74, 6) is -1.40. The van der Waals surface area contributed by atoms with E-state index >= 15 is 0 Å². The van der Waals surface area contributed by atoms with Crippen LogP contribution in [0.5, 0.6) is 0 Å². The van der Waals surface area contributed by atoms with E-state index in [1.807, 2.05) is 0 Å². The number of carbonyl (C=O) groups is 1. The maximum atomic E-state index is 10.6. The fourth-order valence-corrected chi connectivity index (χ4v) is 0.972. The predicted octanol–water partition coefficient (Wildman–Crippen LogP) is 2.36. The average Bonchev–Trinajstić information content (AvgIpc) is 2.17. The van der Waals surface area contributed by atoms with Crippen molar-refractivity contribution >= 4 is 11.7 Å². The van der Waals surface area contributed by atoms with E-state index in [1.165, 1.54) is 0 Å². The van der Waals surface area contributed by atoms with Crippen molar-refractivity contribution in [2.75, 3.05) is 0 Å². The molecule has 0 aliphatic carbocycles. The maximum absolute atomic E-state index is 10.6. The number of carboxylic acid groups (broad SMARTS) is 1. The topological polar surface area (TPSA) is 65.4 Å². The van der Waals surface area contributed by atoms with E-state index in [0.29, 0.717) is 11.3 Å². The Hall–Kier alpha value is -1.89. The summed E-state index contributed by atoms with van der Waals surface area (Å²) in [6.45, 7) is 1.60. The summed E-state index contributed by atoms with van der Waals surface area (Å²) in [5, 5.41) is 17.1. The molecule has 4 nitrogen and oxygen atoms in total. The zero-order valence-electron chi connectivity index (χ0n) is 7.14. The third-order valence-corrected chi connectivity index (χ3v) is 1.88. The van der Waals surface area contributed by atoms with Gasteiger partial charge in [-0.1, -0.05) is 12.1 Å². The van der Waals surface area contributed by atoms with E-state index in [0.717, 1.165) is 0 Å². The Labute approximate surface area is 75.4 Å². The summed E-state index contributed by atoms with van der Waals surface area (Å²) in [6, 6.07) is 6.39. The molecule has 0 fully saturated rings. The lowest BCUT2D eigenvalue weighted by molar-refractivity contribution is -0.138. The first-order chi connectivity index (χ1) is 6.15. The molecule has 0 saturated carbocycles. The van der Waals surface area contributed by atoms with Crippen LogP contribution in [-0.4, -0.2) is 11.1 Å². The van der Waals surface area contributed by atoms with Crippen LogP contribution < -0.4 is 0 Å². The molecule has 0 amide bonds. The second kappa shape index (κ2) is 3.68. The van der Waals surface area contributed by atoms with Crippen LogP contribution in [0.1, 0.15) is 18.4 Å². The lowest BCUT2D eigenvalue weighted by Gasteiger charge is -2.03. The third-order valence-electron chi connectivity index (χ3n) is 1.88. The van der Waals surface area contributed by atoms with Gasteiger partial charge in [0.1, 0.15) is 0 Å². The molecule has 4 heteroatoms. The lowest BCUT2D eigenvalue weighted by atomic mass is 10.0. The summed E-state index contributed by atoms with van der Waals surface area (Å²) in [4.78, 5) is 13.5. The van der Waals surface area contributed by atoms with Crippen LogP contribution in [0.2, 0.25) is 0 Å². The molecule has 0 aromatic heterocycles. The maximum Gasteiger partial charge on any atom is 0.385 e. The Morgan fingerprint density at radius 1 is 1.46 bits per heavy atom. The summed E-state index contributed by atoms with van der Waals surface area (Å²) < 4.78 is 0. The Kier molecular flexibility index (Phi) is 2.60. The largest absolute Gasteiger partial charge is 0.481 e. The van der Waals surface area contributed by atoms with Gasteiger partial charge in [-0.25, -0.2) is 0 Å². The van der Waals surface area contributed by atoms with E-state index in [1.54, 1.807) is 31.2 Å². The number of nitrogens with zero attached hydrogens (tertiary/aromatic N) is 2. The van der Waals surface area contributed by atoms with Gasteiger partial charge in [0.2, 0.25) is 5.39 Å². The predicted molar refractivity (Wildman–Crippen MR) is 47.2 cm³/mol. The van der Waals surface area contributed by atoms with Gasteiger partial charge < -0.3 is 5.11 Å². The van der Waals surface area contributed by atoms with Crippen LogP contribution in [0.3, 0.4) is 0 Å². The Bertz CT molecular complexity index is 351. The monoisotopic (exact) mass is 177 g/mol. The first kappa shape index (κ1) is 9.20. The Morgan fingerprint density at radius 3 is 2.38 bits per heavy atom. The number of carboxylic acids is 1. The molecule has 0 spiro atoms. The van der Waals surface area contributed by atoms with E-state index in [-0.39, 0.29) is 0 Å². The molecule has 1 aromatic carbocycles. The van der Waals surface area contributed by atoms with Crippen LogP contribution >= 0.6 is 0 Å². The highest BCUT2D eigenvalue weighted by molar-refractivity contribution is 5.75. The molecular formula is C9H9N2O2+. The van der Waals surface area contributed by atoms with Crippen molar-refractivity contribution in [1.82, 2.24) is 0 Å². The van der Waals surface area contributed by atoms with Gasteiger partial charge in [0.05, 0.1) is 5.92 Å². The number of hydrogen-bond donors (Lipinski definition) is 1. The minimum Gasteiger partial charge on any atom is -0.481 e. The Morgan fingerprint density at radius 2 is 2.00 bits per heavy atom. The zero-order valence-corrected chi connectivity index (χ0v) is 7.14. The zero-order chi connectivity index (χ0) is 9.84. The molecule has 1 unspecified atom stereocenters. The van der Waals surface area contributed by atoms with Crippen molar-refractivity contribution in [3.8, 4) is 0 Å². The summed E-state index contributed by atoms with van der Waals surface area (Å²) in [7, 11) is 0. The van der Waals surface area contributed by atoms with E-state index in [9.17, 15) is 4.79 Å². The molecule has 0 radical (unpaired) electrons.